The molecule has 0 aromatic heterocycles. The van der Waals surface area contributed by atoms with Crippen molar-refractivity contribution in [2.24, 2.45) is 4.99 Å². The summed E-state index contributed by atoms with van der Waals surface area (Å²) < 4.78 is 12.0. The molecule has 8 heteroatoms. The predicted molar refractivity (Wildman–Crippen MR) is 162 cm³/mol. The number of carbonyl (C=O) groups excluding carboxylic acids is 2. The van der Waals surface area contributed by atoms with Gasteiger partial charge in [-0.15, -0.1) is 0 Å². The van der Waals surface area contributed by atoms with Crippen molar-refractivity contribution >= 4 is 61.5 Å². The summed E-state index contributed by atoms with van der Waals surface area (Å²) in [6.45, 7) is 2.19. The molecule has 0 unspecified atom stereocenters. The lowest BCUT2D eigenvalue weighted by atomic mass is 10.1. The molecule has 0 fully saturated rings. The highest BCUT2D eigenvalue weighted by atomic mass is 79.9. The van der Waals surface area contributed by atoms with Crippen molar-refractivity contribution < 1.29 is 24.2 Å². The molecular weight excluding hydrogens is 590 g/mol. The molecule has 4 aromatic rings. The van der Waals surface area contributed by atoms with Crippen LogP contribution in [0.2, 0.25) is 0 Å². The Hall–Kier alpha value is -4.14. The van der Waals surface area contributed by atoms with Gasteiger partial charge in [0.05, 0.1) is 16.0 Å². The van der Waals surface area contributed by atoms with Gasteiger partial charge in [0.15, 0.2) is 0 Å². The lowest BCUT2D eigenvalue weighted by Gasteiger charge is -2.11. The van der Waals surface area contributed by atoms with Crippen molar-refractivity contribution in [1.29, 1.82) is 0 Å². The maximum Gasteiger partial charge on any atom is 0.344 e. The van der Waals surface area contributed by atoms with Crippen molar-refractivity contribution in [1.82, 2.24) is 0 Å². The average Bonchev–Trinajstić information content (AvgIpc) is 3.27. The summed E-state index contributed by atoms with van der Waals surface area (Å²) >= 11 is 4.62. The summed E-state index contributed by atoms with van der Waals surface area (Å²) in [5.74, 6) is -0.879. The number of aliphatic hydroxyl groups excluding tert-OH is 1. The average molecular weight is 615 g/mol. The smallest absolute Gasteiger partial charge is 0.344 e. The highest BCUT2D eigenvalue weighted by molar-refractivity contribution is 9.10. The molecule has 4 aromatic carbocycles. The van der Waals surface area contributed by atoms with E-state index in [1.165, 1.54) is 0 Å². The van der Waals surface area contributed by atoms with E-state index in [9.17, 15) is 14.7 Å². The summed E-state index contributed by atoms with van der Waals surface area (Å²) in [5, 5.41) is 13.3. The molecular formula is C32H24BrNO5S. The number of amides is 1. The van der Waals surface area contributed by atoms with Gasteiger partial charge in [0.25, 0.3) is 5.91 Å². The van der Waals surface area contributed by atoms with E-state index in [0.29, 0.717) is 22.8 Å². The van der Waals surface area contributed by atoms with E-state index in [4.69, 9.17) is 9.47 Å². The van der Waals surface area contributed by atoms with E-state index < -0.39 is 11.9 Å². The number of hydrogen-bond acceptors (Lipinski definition) is 6. The summed E-state index contributed by atoms with van der Waals surface area (Å²) in [4.78, 5) is 29.9. The number of nitrogens with zero attached hydrogens (tertiary/aromatic N) is 1. The van der Waals surface area contributed by atoms with Crippen LogP contribution < -0.4 is 4.74 Å². The van der Waals surface area contributed by atoms with Gasteiger partial charge in [-0.25, -0.2) is 9.79 Å². The lowest BCUT2D eigenvalue weighted by Crippen LogP contribution is -2.14. The number of aliphatic imine (C=N–C) groups is 1. The van der Waals surface area contributed by atoms with E-state index in [-0.39, 0.29) is 23.0 Å². The molecule has 0 radical (unpaired) electrons. The molecule has 1 N–H and O–H groups in total. The third-order valence-electron chi connectivity index (χ3n) is 6.11. The Morgan fingerprint density at radius 2 is 1.73 bits per heavy atom. The summed E-state index contributed by atoms with van der Waals surface area (Å²) in [7, 11) is 0. The first-order valence-electron chi connectivity index (χ1n) is 12.5. The maximum atomic E-state index is 12.7. The number of thioether (sulfide) groups is 1. The second-order valence-corrected chi connectivity index (χ2v) is 10.6. The van der Waals surface area contributed by atoms with E-state index in [2.05, 4.69) is 39.1 Å². The van der Waals surface area contributed by atoms with Gasteiger partial charge in [0.1, 0.15) is 28.7 Å². The van der Waals surface area contributed by atoms with Crippen LogP contribution in [0.5, 0.6) is 5.75 Å². The van der Waals surface area contributed by atoms with Crippen molar-refractivity contribution in [3.63, 3.8) is 0 Å². The second-order valence-electron chi connectivity index (χ2n) is 8.76. The Balaban J connectivity index is 1.39. The minimum Gasteiger partial charge on any atom is -0.506 e. The van der Waals surface area contributed by atoms with Crippen LogP contribution in [0.25, 0.3) is 16.8 Å². The Labute approximate surface area is 244 Å². The van der Waals surface area contributed by atoms with Gasteiger partial charge in [-0.1, -0.05) is 78.5 Å². The first-order chi connectivity index (χ1) is 19.4. The lowest BCUT2D eigenvalue weighted by molar-refractivity contribution is -0.138. The molecule has 0 bridgehead atoms. The number of esters is 1. The molecule has 6 nitrogen and oxygen atoms in total. The molecule has 0 atom stereocenters. The zero-order valence-corrected chi connectivity index (χ0v) is 23.9. The molecule has 1 aliphatic heterocycles. The third-order valence-corrected chi connectivity index (χ3v) is 7.75. The number of hydrogen-bond donors (Lipinski definition) is 1. The zero-order valence-electron chi connectivity index (χ0n) is 21.5. The first-order valence-corrected chi connectivity index (χ1v) is 14.1. The molecule has 1 amide bonds. The molecule has 1 aliphatic rings. The Bertz CT molecular complexity index is 1690. The van der Waals surface area contributed by atoms with Gasteiger partial charge in [-0.3, -0.25) is 4.79 Å². The fourth-order valence-electron chi connectivity index (χ4n) is 4.18. The minimum absolute atomic E-state index is 0.0881. The molecule has 1 heterocycles. The number of halogens is 1. The number of aliphatic hydroxyl groups is 1. The second kappa shape index (κ2) is 12.4. The molecule has 0 aliphatic carbocycles. The zero-order chi connectivity index (χ0) is 28.1. The molecule has 0 saturated carbocycles. The quantitative estimate of drug-likeness (QED) is 0.213. The van der Waals surface area contributed by atoms with Crippen LogP contribution in [0, 0.1) is 0 Å². The maximum absolute atomic E-state index is 12.7. The molecule has 200 valence electrons. The van der Waals surface area contributed by atoms with Crippen LogP contribution in [-0.4, -0.2) is 28.6 Å². The van der Waals surface area contributed by atoms with Crippen LogP contribution >= 0.6 is 27.7 Å². The van der Waals surface area contributed by atoms with Crippen molar-refractivity contribution in [2.75, 3.05) is 6.61 Å². The Morgan fingerprint density at radius 3 is 2.50 bits per heavy atom. The molecule has 0 saturated heterocycles. The van der Waals surface area contributed by atoms with Crippen molar-refractivity contribution in [2.45, 2.75) is 13.5 Å². The van der Waals surface area contributed by atoms with E-state index in [0.717, 1.165) is 38.1 Å². The number of benzene rings is 4. The monoisotopic (exact) mass is 613 g/mol. The van der Waals surface area contributed by atoms with Crippen LogP contribution in [0.3, 0.4) is 0 Å². The van der Waals surface area contributed by atoms with Crippen LogP contribution in [0.1, 0.15) is 28.4 Å². The van der Waals surface area contributed by atoms with Crippen molar-refractivity contribution in [3.8, 4) is 5.75 Å². The predicted octanol–water partition coefficient (Wildman–Crippen LogP) is 7.88. The number of ether oxygens (including phenoxy) is 2. The third kappa shape index (κ3) is 6.03. The van der Waals surface area contributed by atoms with Gasteiger partial charge >= 0.3 is 5.97 Å². The molecule has 40 heavy (non-hydrogen) atoms. The normalized spacial score (nSPS) is 15.2. The largest absolute Gasteiger partial charge is 0.506 e. The van der Waals surface area contributed by atoms with Crippen LogP contribution in [-0.2, 0) is 16.1 Å². The molecule has 5 rings (SSSR count). The van der Waals surface area contributed by atoms with Gasteiger partial charge < -0.3 is 14.6 Å². The standard InChI is InChI=1S/C32H24BrNO5S/c1-2-38-32(37)28-29(35)27(40-31(28)34-30(36)22-10-4-3-5-11-22)18-20-15-16-26(25(33)17-20)39-19-23-13-8-12-21-9-6-7-14-24(21)23/h3-18,35H,2,19H2,1H3/b27-18-,34-31?. The molecule has 0 spiro atoms. The van der Waals surface area contributed by atoms with E-state index in [1.807, 2.05) is 42.5 Å². The first kappa shape index (κ1) is 27.4. The van der Waals surface area contributed by atoms with Gasteiger partial charge in [0, 0.05) is 5.56 Å². The summed E-state index contributed by atoms with van der Waals surface area (Å²) in [6.07, 6.45) is 1.72. The minimum atomic E-state index is -0.742. The van der Waals surface area contributed by atoms with Gasteiger partial charge in [-0.05, 0) is 75.1 Å². The number of carbonyl (C=O) groups is 2. The van der Waals surface area contributed by atoms with E-state index >= 15 is 0 Å². The summed E-state index contributed by atoms with van der Waals surface area (Å²) in [5.41, 5.74) is 2.07. The van der Waals surface area contributed by atoms with Crippen molar-refractivity contribution in [3.05, 3.63) is 128 Å². The fraction of sp³-hybridized carbons (Fsp3) is 0.0938. The fourth-order valence-corrected chi connectivity index (χ4v) is 5.70. The van der Waals surface area contributed by atoms with E-state index in [1.54, 1.807) is 43.3 Å². The Kier molecular flexibility index (Phi) is 8.48. The highest BCUT2D eigenvalue weighted by Gasteiger charge is 2.34. The number of rotatable bonds is 7. The Morgan fingerprint density at radius 1 is 0.975 bits per heavy atom. The summed E-state index contributed by atoms with van der Waals surface area (Å²) in [6, 6.07) is 28.4. The van der Waals surface area contributed by atoms with Gasteiger partial charge in [-0.2, -0.15) is 0 Å². The number of fused-ring (bicyclic) bond motifs is 1. The topological polar surface area (TPSA) is 85.2 Å². The van der Waals surface area contributed by atoms with Gasteiger partial charge in [0.2, 0.25) is 0 Å². The SMILES string of the molecule is CCOC(=O)C1=C(O)/C(=C/c2ccc(OCc3cccc4ccccc34)c(Br)c2)SC1=NC(=O)c1ccccc1. The highest BCUT2D eigenvalue weighted by Crippen LogP contribution is 2.40. The van der Waals surface area contributed by atoms with Crippen LogP contribution in [0.15, 0.2) is 117 Å². The van der Waals surface area contributed by atoms with Crippen LogP contribution in [0.4, 0.5) is 0 Å².